The first-order valence-electron chi connectivity index (χ1n) is 8.18. The molecule has 1 amide bonds. The average Bonchev–Trinajstić information content (AvgIpc) is 2.95. The van der Waals surface area contributed by atoms with Crippen molar-refractivity contribution in [3.05, 3.63) is 70.4 Å². The SMILES string of the molecule is Cc1[nH]nc(NC(=O)c2ccc(C(C)C)cc2)c1-c1cccc(Cl)c1. The molecule has 0 fully saturated rings. The number of rotatable bonds is 4. The van der Waals surface area contributed by atoms with Gasteiger partial charge in [-0.15, -0.1) is 0 Å². The number of hydrogen-bond donors (Lipinski definition) is 2. The number of H-pyrrole nitrogens is 1. The number of aromatic amines is 1. The van der Waals surface area contributed by atoms with E-state index in [0.29, 0.717) is 22.3 Å². The van der Waals surface area contributed by atoms with Gasteiger partial charge in [-0.1, -0.05) is 49.7 Å². The van der Waals surface area contributed by atoms with Crippen LogP contribution in [-0.2, 0) is 0 Å². The molecular formula is C20H20ClN3O. The third-order valence-corrected chi connectivity index (χ3v) is 4.37. The number of benzene rings is 2. The fraction of sp³-hybridized carbons (Fsp3) is 0.200. The van der Waals surface area contributed by atoms with Crippen LogP contribution in [0.3, 0.4) is 0 Å². The van der Waals surface area contributed by atoms with Crippen molar-refractivity contribution in [1.29, 1.82) is 0 Å². The molecule has 2 aromatic carbocycles. The predicted molar refractivity (Wildman–Crippen MR) is 102 cm³/mol. The minimum absolute atomic E-state index is 0.190. The summed E-state index contributed by atoms with van der Waals surface area (Å²) in [5.74, 6) is 0.739. The van der Waals surface area contributed by atoms with E-state index in [4.69, 9.17) is 11.6 Å². The number of nitrogens with one attached hydrogen (secondary N) is 2. The van der Waals surface area contributed by atoms with Crippen molar-refractivity contribution in [2.45, 2.75) is 26.7 Å². The molecule has 1 heterocycles. The maximum absolute atomic E-state index is 12.6. The molecule has 0 atom stereocenters. The second-order valence-corrected chi connectivity index (χ2v) is 6.75. The number of amides is 1. The van der Waals surface area contributed by atoms with E-state index in [2.05, 4.69) is 29.4 Å². The molecule has 0 spiro atoms. The third kappa shape index (κ3) is 3.74. The van der Waals surface area contributed by atoms with Gasteiger partial charge in [-0.05, 0) is 48.2 Å². The van der Waals surface area contributed by atoms with Gasteiger partial charge in [0.05, 0.1) is 0 Å². The highest BCUT2D eigenvalue weighted by Crippen LogP contribution is 2.31. The zero-order valence-electron chi connectivity index (χ0n) is 14.4. The van der Waals surface area contributed by atoms with Crippen LogP contribution in [0, 0.1) is 6.92 Å². The molecule has 5 heteroatoms. The lowest BCUT2D eigenvalue weighted by atomic mass is 10.0. The van der Waals surface area contributed by atoms with Gasteiger partial charge in [0, 0.05) is 21.8 Å². The Hall–Kier alpha value is -2.59. The fourth-order valence-corrected chi connectivity index (χ4v) is 2.91. The summed E-state index contributed by atoms with van der Waals surface area (Å²) < 4.78 is 0. The maximum Gasteiger partial charge on any atom is 0.256 e. The molecule has 0 saturated carbocycles. The summed E-state index contributed by atoms with van der Waals surface area (Å²) in [5.41, 5.74) is 4.42. The van der Waals surface area contributed by atoms with Crippen LogP contribution in [0.1, 0.15) is 41.4 Å². The van der Waals surface area contributed by atoms with E-state index in [1.807, 2.05) is 55.5 Å². The maximum atomic E-state index is 12.6. The Kier molecular flexibility index (Phi) is 4.91. The van der Waals surface area contributed by atoms with E-state index in [1.54, 1.807) is 0 Å². The minimum Gasteiger partial charge on any atom is -0.305 e. The van der Waals surface area contributed by atoms with Crippen molar-refractivity contribution in [2.75, 3.05) is 5.32 Å². The van der Waals surface area contributed by atoms with Gasteiger partial charge in [0.2, 0.25) is 0 Å². The van der Waals surface area contributed by atoms with Gasteiger partial charge >= 0.3 is 0 Å². The van der Waals surface area contributed by atoms with Crippen LogP contribution in [-0.4, -0.2) is 16.1 Å². The summed E-state index contributed by atoms with van der Waals surface area (Å²) >= 11 is 6.09. The Labute approximate surface area is 152 Å². The first kappa shape index (κ1) is 17.2. The highest BCUT2D eigenvalue weighted by atomic mass is 35.5. The lowest BCUT2D eigenvalue weighted by Crippen LogP contribution is -2.13. The Morgan fingerprint density at radius 1 is 1.16 bits per heavy atom. The Morgan fingerprint density at radius 3 is 2.52 bits per heavy atom. The second kappa shape index (κ2) is 7.11. The highest BCUT2D eigenvalue weighted by Gasteiger charge is 2.16. The van der Waals surface area contributed by atoms with Crippen LogP contribution in [0.2, 0.25) is 5.02 Å². The number of halogens is 1. The van der Waals surface area contributed by atoms with Crippen LogP contribution in [0.25, 0.3) is 11.1 Å². The average molecular weight is 354 g/mol. The van der Waals surface area contributed by atoms with E-state index in [-0.39, 0.29) is 5.91 Å². The molecule has 3 rings (SSSR count). The van der Waals surface area contributed by atoms with E-state index in [1.165, 1.54) is 5.56 Å². The number of anilines is 1. The topological polar surface area (TPSA) is 57.8 Å². The third-order valence-electron chi connectivity index (χ3n) is 4.13. The summed E-state index contributed by atoms with van der Waals surface area (Å²) in [4.78, 5) is 12.6. The van der Waals surface area contributed by atoms with Crippen molar-refractivity contribution in [2.24, 2.45) is 0 Å². The smallest absolute Gasteiger partial charge is 0.256 e. The molecule has 0 bridgehead atoms. The highest BCUT2D eigenvalue weighted by molar-refractivity contribution is 6.30. The van der Waals surface area contributed by atoms with Gasteiger partial charge < -0.3 is 5.32 Å². The van der Waals surface area contributed by atoms with Gasteiger partial charge in [-0.3, -0.25) is 9.89 Å². The van der Waals surface area contributed by atoms with Crippen molar-refractivity contribution >= 4 is 23.3 Å². The van der Waals surface area contributed by atoms with Crippen LogP contribution < -0.4 is 5.32 Å². The summed E-state index contributed by atoms with van der Waals surface area (Å²) in [6.45, 7) is 6.16. The summed E-state index contributed by atoms with van der Waals surface area (Å²) in [6.07, 6.45) is 0. The largest absolute Gasteiger partial charge is 0.305 e. The predicted octanol–water partition coefficient (Wildman–Crippen LogP) is 5.41. The van der Waals surface area contributed by atoms with Crippen molar-refractivity contribution in [1.82, 2.24) is 10.2 Å². The molecule has 128 valence electrons. The fourth-order valence-electron chi connectivity index (χ4n) is 2.72. The second-order valence-electron chi connectivity index (χ2n) is 6.31. The van der Waals surface area contributed by atoms with Crippen LogP contribution >= 0.6 is 11.6 Å². The lowest BCUT2D eigenvalue weighted by molar-refractivity contribution is 0.102. The molecule has 3 aromatic rings. The molecule has 0 radical (unpaired) electrons. The van der Waals surface area contributed by atoms with Gasteiger partial charge in [-0.2, -0.15) is 5.10 Å². The molecule has 1 aromatic heterocycles. The number of carbonyl (C=O) groups is 1. The van der Waals surface area contributed by atoms with Gasteiger partial charge in [0.1, 0.15) is 0 Å². The standard InChI is InChI=1S/C20H20ClN3O/c1-12(2)14-7-9-15(10-8-14)20(25)22-19-18(13(3)23-24-19)16-5-4-6-17(21)11-16/h4-12H,1-3H3,(H2,22,23,24,25). The molecule has 0 aliphatic carbocycles. The summed E-state index contributed by atoms with van der Waals surface area (Å²) in [5, 5.41) is 10.7. The molecule has 0 aliphatic heterocycles. The Bertz CT molecular complexity index is 898. The Balaban J connectivity index is 1.87. The number of hydrogen-bond acceptors (Lipinski definition) is 2. The zero-order valence-corrected chi connectivity index (χ0v) is 15.2. The number of aromatic nitrogens is 2. The number of carbonyl (C=O) groups excluding carboxylic acids is 1. The van der Waals surface area contributed by atoms with Crippen molar-refractivity contribution in [3.8, 4) is 11.1 Å². The Morgan fingerprint density at radius 2 is 1.88 bits per heavy atom. The van der Waals surface area contributed by atoms with Crippen molar-refractivity contribution < 1.29 is 4.79 Å². The van der Waals surface area contributed by atoms with Gasteiger partial charge in [-0.25, -0.2) is 0 Å². The first-order valence-corrected chi connectivity index (χ1v) is 8.55. The molecule has 0 saturated heterocycles. The number of aryl methyl sites for hydroxylation is 1. The van der Waals surface area contributed by atoms with E-state index in [0.717, 1.165) is 16.8 Å². The van der Waals surface area contributed by atoms with Crippen molar-refractivity contribution in [3.63, 3.8) is 0 Å². The quantitative estimate of drug-likeness (QED) is 0.658. The molecule has 2 N–H and O–H groups in total. The van der Waals surface area contributed by atoms with E-state index in [9.17, 15) is 4.79 Å². The molecule has 4 nitrogen and oxygen atoms in total. The lowest BCUT2D eigenvalue weighted by Gasteiger charge is -2.08. The normalized spacial score (nSPS) is 10.9. The first-order chi connectivity index (χ1) is 12.0. The summed E-state index contributed by atoms with van der Waals surface area (Å²) in [7, 11) is 0. The minimum atomic E-state index is -0.190. The van der Waals surface area contributed by atoms with Crippen LogP contribution in [0.5, 0.6) is 0 Å². The van der Waals surface area contributed by atoms with E-state index < -0.39 is 0 Å². The van der Waals surface area contributed by atoms with Crippen LogP contribution in [0.15, 0.2) is 48.5 Å². The van der Waals surface area contributed by atoms with Gasteiger partial charge in [0.15, 0.2) is 5.82 Å². The van der Waals surface area contributed by atoms with Crippen LogP contribution in [0.4, 0.5) is 5.82 Å². The van der Waals surface area contributed by atoms with Gasteiger partial charge in [0.25, 0.3) is 5.91 Å². The molecule has 0 aliphatic rings. The monoisotopic (exact) mass is 353 g/mol. The molecule has 25 heavy (non-hydrogen) atoms. The number of nitrogens with zero attached hydrogens (tertiary/aromatic N) is 1. The van der Waals surface area contributed by atoms with E-state index >= 15 is 0 Å². The summed E-state index contributed by atoms with van der Waals surface area (Å²) in [6, 6.07) is 15.1. The molecule has 0 unspecified atom stereocenters. The molecular weight excluding hydrogens is 334 g/mol. The zero-order chi connectivity index (χ0) is 18.0.